The van der Waals surface area contributed by atoms with Crippen molar-refractivity contribution in [1.29, 1.82) is 0 Å². The Morgan fingerprint density at radius 2 is 2.10 bits per heavy atom. The molecule has 0 saturated heterocycles. The molecule has 0 radical (unpaired) electrons. The summed E-state index contributed by atoms with van der Waals surface area (Å²) in [6.07, 6.45) is -0.181. The van der Waals surface area contributed by atoms with Gasteiger partial charge in [-0.15, -0.1) is 0 Å². The van der Waals surface area contributed by atoms with Crippen molar-refractivity contribution in [3.05, 3.63) is 33.3 Å². The number of methoxy groups -OCH3 is 1. The van der Waals surface area contributed by atoms with Gasteiger partial charge in [0.1, 0.15) is 6.04 Å². The van der Waals surface area contributed by atoms with Gasteiger partial charge in [0.05, 0.1) is 17.7 Å². The Balaban J connectivity index is 2.79. The third kappa shape index (κ3) is 5.35. The molecular formula is C13H13BrClNO5. The van der Waals surface area contributed by atoms with Crippen molar-refractivity contribution in [2.24, 2.45) is 0 Å². The molecule has 0 heterocycles. The molecule has 1 rings (SSSR count). The van der Waals surface area contributed by atoms with Gasteiger partial charge in [0.2, 0.25) is 0 Å². The first-order chi connectivity index (χ1) is 9.85. The number of ether oxygens (including phenoxy) is 1. The van der Waals surface area contributed by atoms with Gasteiger partial charge >= 0.3 is 11.9 Å². The predicted octanol–water partition coefficient (Wildman–Crippen LogP) is 2.24. The van der Waals surface area contributed by atoms with Gasteiger partial charge in [-0.3, -0.25) is 9.59 Å². The van der Waals surface area contributed by atoms with Gasteiger partial charge in [-0.25, -0.2) is 4.79 Å². The molecule has 1 amide bonds. The van der Waals surface area contributed by atoms with Crippen molar-refractivity contribution in [2.75, 3.05) is 7.11 Å². The molecule has 2 N–H and O–H groups in total. The van der Waals surface area contributed by atoms with E-state index in [4.69, 9.17) is 16.7 Å². The van der Waals surface area contributed by atoms with Gasteiger partial charge in [0, 0.05) is 10.9 Å². The monoisotopic (exact) mass is 377 g/mol. The molecule has 8 heteroatoms. The first-order valence-corrected chi connectivity index (χ1v) is 7.07. The summed E-state index contributed by atoms with van der Waals surface area (Å²) in [4.78, 5) is 34.2. The lowest BCUT2D eigenvalue weighted by Crippen LogP contribution is -2.41. The highest BCUT2D eigenvalue weighted by Gasteiger charge is 2.23. The number of benzene rings is 1. The molecule has 1 aromatic rings. The molecule has 0 aromatic heterocycles. The number of hydrogen-bond acceptors (Lipinski definition) is 4. The number of nitrogens with one attached hydrogen (secondary N) is 1. The topological polar surface area (TPSA) is 92.7 Å². The van der Waals surface area contributed by atoms with E-state index in [0.717, 1.165) is 0 Å². The molecule has 1 atom stereocenters. The maximum Gasteiger partial charge on any atom is 0.326 e. The average Bonchev–Trinajstić information content (AvgIpc) is 2.44. The van der Waals surface area contributed by atoms with Crippen LogP contribution < -0.4 is 5.32 Å². The second kappa shape index (κ2) is 7.99. The highest BCUT2D eigenvalue weighted by atomic mass is 79.9. The molecular weight excluding hydrogens is 366 g/mol. The molecule has 114 valence electrons. The van der Waals surface area contributed by atoms with Gasteiger partial charge in [0.15, 0.2) is 0 Å². The van der Waals surface area contributed by atoms with E-state index in [9.17, 15) is 14.4 Å². The zero-order chi connectivity index (χ0) is 16.0. The first kappa shape index (κ1) is 17.5. The van der Waals surface area contributed by atoms with Crippen LogP contribution in [0.2, 0.25) is 5.02 Å². The van der Waals surface area contributed by atoms with E-state index in [1.54, 1.807) is 6.07 Å². The largest absolute Gasteiger partial charge is 0.480 e. The second-order valence-corrected chi connectivity index (χ2v) is 5.43. The molecule has 0 aliphatic heterocycles. The SMILES string of the molecule is COC(=O)CC[C@H](NC(=O)c1cc(Br)ccc1Cl)C(=O)O. The van der Waals surface area contributed by atoms with Crippen molar-refractivity contribution in [1.82, 2.24) is 5.32 Å². The molecule has 0 aliphatic carbocycles. The van der Waals surface area contributed by atoms with Crippen LogP contribution in [-0.4, -0.2) is 36.1 Å². The molecule has 0 unspecified atom stereocenters. The molecule has 21 heavy (non-hydrogen) atoms. The maximum atomic E-state index is 12.1. The standard InChI is InChI=1S/C13H13BrClNO5/c1-21-11(17)5-4-10(13(19)20)16-12(18)8-6-7(14)2-3-9(8)15/h2-3,6,10H,4-5H2,1H3,(H,16,18)(H,19,20)/t10-/m0/s1. The first-order valence-electron chi connectivity index (χ1n) is 5.90. The molecule has 0 spiro atoms. The van der Waals surface area contributed by atoms with E-state index in [1.807, 2.05) is 0 Å². The van der Waals surface area contributed by atoms with Crippen LogP contribution in [-0.2, 0) is 14.3 Å². The smallest absolute Gasteiger partial charge is 0.326 e. The minimum atomic E-state index is -1.24. The van der Waals surface area contributed by atoms with Crippen LogP contribution in [0.4, 0.5) is 0 Å². The normalized spacial score (nSPS) is 11.6. The average molecular weight is 379 g/mol. The summed E-state index contributed by atoms with van der Waals surface area (Å²) in [6.45, 7) is 0. The van der Waals surface area contributed by atoms with E-state index in [0.29, 0.717) is 4.47 Å². The lowest BCUT2D eigenvalue weighted by Gasteiger charge is -2.14. The Morgan fingerprint density at radius 3 is 2.67 bits per heavy atom. The summed E-state index contributed by atoms with van der Waals surface area (Å²) in [5.41, 5.74) is 0.148. The Morgan fingerprint density at radius 1 is 1.43 bits per heavy atom. The van der Waals surface area contributed by atoms with E-state index in [-0.39, 0.29) is 23.4 Å². The second-order valence-electron chi connectivity index (χ2n) is 4.10. The fraction of sp³-hybridized carbons (Fsp3) is 0.308. The number of esters is 1. The van der Waals surface area contributed by atoms with Gasteiger partial charge in [0.25, 0.3) is 5.91 Å². The van der Waals surface area contributed by atoms with Crippen LogP contribution in [0.3, 0.4) is 0 Å². The van der Waals surface area contributed by atoms with Crippen LogP contribution in [0.5, 0.6) is 0 Å². The van der Waals surface area contributed by atoms with Gasteiger partial charge in [-0.2, -0.15) is 0 Å². The number of carboxylic acids is 1. The van der Waals surface area contributed by atoms with Crippen molar-refractivity contribution < 1.29 is 24.2 Å². The quantitative estimate of drug-likeness (QED) is 0.741. The number of halogens is 2. The van der Waals surface area contributed by atoms with Gasteiger partial charge < -0.3 is 15.2 Å². The molecule has 6 nitrogen and oxygen atoms in total. The lowest BCUT2D eigenvalue weighted by molar-refractivity contribution is -0.142. The summed E-state index contributed by atoms with van der Waals surface area (Å²) in [5.74, 6) is -2.41. The van der Waals surface area contributed by atoms with E-state index < -0.39 is 23.9 Å². The predicted molar refractivity (Wildman–Crippen MR) is 79.3 cm³/mol. The molecule has 0 fully saturated rings. The third-order valence-electron chi connectivity index (χ3n) is 2.64. The summed E-state index contributed by atoms with van der Waals surface area (Å²) < 4.78 is 5.07. The van der Waals surface area contributed by atoms with Crippen LogP contribution in [0.15, 0.2) is 22.7 Å². The zero-order valence-electron chi connectivity index (χ0n) is 11.1. The van der Waals surface area contributed by atoms with Crippen molar-refractivity contribution >= 4 is 45.4 Å². The number of amides is 1. The van der Waals surface area contributed by atoms with Crippen molar-refractivity contribution in [2.45, 2.75) is 18.9 Å². The minimum Gasteiger partial charge on any atom is -0.480 e. The number of rotatable bonds is 6. The Hall–Kier alpha value is -1.60. The number of carboxylic acid groups (broad SMARTS) is 1. The van der Waals surface area contributed by atoms with Gasteiger partial charge in [-0.05, 0) is 24.6 Å². The van der Waals surface area contributed by atoms with Crippen molar-refractivity contribution in [3.8, 4) is 0 Å². The zero-order valence-corrected chi connectivity index (χ0v) is 13.4. The van der Waals surface area contributed by atoms with Crippen LogP contribution >= 0.6 is 27.5 Å². The van der Waals surface area contributed by atoms with E-state index >= 15 is 0 Å². The number of carbonyl (C=O) groups excluding carboxylic acids is 2. The lowest BCUT2D eigenvalue weighted by atomic mass is 10.1. The maximum absolute atomic E-state index is 12.1. The minimum absolute atomic E-state index is 0.0701. The number of carbonyl (C=O) groups is 3. The molecule has 1 aromatic carbocycles. The molecule has 0 saturated carbocycles. The molecule has 0 bridgehead atoms. The highest BCUT2D eigenvalue weighted by Crippen LogP contribution is 2.21. The van der Waals surface area contributed by atoms with Gasteiger partial charge in [-0.1, -0.05) is 27.5 Å². The van der Waals surface area contributed by atoms with Crippen molar-refractivity contribution in [3.63, 3.8) is 0 Å². The molecule has 0 aliphatic rings. The highest BCUT2D eigenvalue weighted by molar-refractivity contribution is 9.10. The fourth-order valence-electron chi connectivity index (χ4n) is 1.53. The fourth-order valence-corrected chi connectivity index (χ4v) is 2.09. The van der Waals surface area contributed by atoms with E-state index in [1.165, 1.54) is 19.2 Å². The van der Waals surface area contributed by atoms with Crippen LogP contribution in [0.1, 0.15) is 23.2 Å². The van der Waals surface area contributed by atoms with E-state index in [2.05, 4.69) is 26.0 Å². The number of hydrogen-bond donors (Lipinski definition) is 2. The summed E-state index contributed by atoms with van der Waals surface area (Å²) in [7, 11) is 1.21. The number of aliphatic carboxylic acids is 1. The van der Waals surface area contributed by atoms with Crippen LogP contribution in [0, 0.1) is 0 Å². The Labute approximate surface area is 134 Å². The summed E-state index contributed by atoms with van der Waals surface area (Å²) in [5, 5.41) is 11.6. The van der Waals surface area contributed by atoms with Crippen LogP contribution in [0.25, 0.3) is 0 Å². The third-order valence-corrected chi connectivity index (χ3v) is 3.46. The summed E-state index contributed by atoms with van der Waals surface area (Å²) in [6, 6.07) is 3.46. The Bertz CT molecular complexity index is 563. The Kier molecular flexibility index (Phi) is 6.64. The summed E-state index contributed by atoms with van der Waals surface area (Å²) >= 11 is 9.10.